The summed E-state index contributed by atoms with van der Waals surface area (Å²) in [6, 6.07) is 7.20. The first-order valence-electron chi connectivity index (χ1n) is 6.63. The van der Waals surface area contributed by atoms with E-state index in [4.69, 9.17) is 4.74 Å². The van der Waals surface area contributed by atoms with E-state index in [1.54, 1.807) is 6.92 Å². The number of carbonyl (C=O) groups excluding carboxylic acids is 1. The van der Waals surface area contributed by atoms with Gasteiger partial charge in [-0.1, -0.05) is 24.3 Å². The predicted molar refractivity (Wildman–Crippen MR) is 75.7 cm³/mol. The Morgan fingerprint density at radius 1 is 1.40 bits per heavy atom. The average Bonchev–Trinajstić information content (AvgIpc) is 2.47. The van der Waals surface area contributed by atoms with E-state index in [2.05, 4.69) is 0 Å². The molecule has 0 aliphatic carbocycles. The minimum Gasteiger partial charge on any atom is -0.469 e. The highest BCUT2D eigenvalue weighted by atomic mass is 32.2. The molecule has 0 aromatic heterocycles. The van der Waals surface area contributed by atoms with Crippen LogP contribution in [0, 0.1) is 0 Å². The largest absolute Gasteiger partial charge is 0.469 e. The van der Waals surface area contributed by atoms with Crippen molar-refractivity contribution in [3.63, 3.8) is 0 Å². The smallest absolute Gasteiger partial charge is 0.307 e. The van der Waals surface area contributed by atoms with Crippen LogP contribution in [0.1, 0.15) is 30.5 Å². The minimum atomic E-state index is -3.34. The van der Waals surface area contributed by atoms with Crippen molar-refractivity contribution in [1.82, 2.24) is 4.31 Å². The van der Waals surface area contributed by atoms with Gasteiger partial charge in [-0.3, -0.25) is 4.79 Å². The molecule has 0 saturated heterocycles. The van der Waals surface area contributed by atoms with Gasteiger partial charge in [0.15, 0.2) is 0 Å². The number of hydrogen-bond donors (Lipinski definition) is 0. The van der Waals surface area contributed by atoms with Crippen molar-refractivity contribution in [3.05, 3.63) is 35.4 Å². The lowest BCUT2D eigenvalue weighted by Gasteiger charge is -2.35. The van der Waals surface area contributed by atoms with Crippen LogP contribution in [0.15, 0.2) is 24.3 Å². The summed E-state index contributed by atoms with van der Waals surface area (Å²) < 4.78 is 30.6. The molecule has 2 rings (SSSR count). The van der Waals surface area contributed by atoms with E-state index in [1.165, 1.54) is 11.4 Å². The van der Waals surface area contributed by atoms with E-state index in [0.29, 0.717) is 13.0 Å². The highest BCUT2D eigenvalue weighted by Gasteiger charge is 2.35. The molecule has 0 spiro atoms. The molecule has 0 saturated carbocycles. The Kier molecular flexibility index (Phi) is 4.45. The summed E-state index contributed by atoms with van der Waals surface area (Å²) in [5, 5.41) is 0. The number of benzene rings is 1. The van der Waals surface area contributed by atoms with Gasteiger partial charge in [0.25, 0.3) is 0 Å². The molecular weight excluding hydrogens is 278 g/mol. The Balaban J connectivity index is 2.42. The van der Waals surface area contributed by atoms with Gasteiger partial charge < -0.3 is 4.74 Å². The van der Waals surface area contributed by atoms with E-state index in [-0.39, 0.29) is 12.2 Å². The van der Waals surface area contributed by atoms with E-state index >= 15 is 0 Å². The third-order valence-corrected chi connectivity index (χ3v) is 5.55. The Labute approximate surface area is 119 Å². The van der Waals surface area contributed by atoms with Crippen LogP contribution in [0.2, 0.25) is 0 Å². The fourth-order valence-corrected chi connectivity index (χ4v) is 3.86. The molecule has 0 bridgehead atoms. The molecule has 1 atom stereocenters. The van der Waals surface area contributed by atoms with Crippen molar-refractivity contribution < 1.29 is 17.9 Å². The maximum atomic E-state index is 12.2. The van der Waals surface area contributed by atoms with Crippen molar-refractivity contribution in [1.29, 1.82) is 0 Å². The van der Waals surface area contributed by atoms with Crippen LogP contribution in [0.3, 0.4) is 0 Å². The Morgan fingerprint density at radius 3 is 2.75 bits per heavy atom. The minimum absolute atomic E-state index is 0.0346. The SMILES string of the molecule is CCS(=O)(=O)N1CCc2ccccc2[C@@H]1CC(=O)OC. The molecule has 1 aromatic carbocycles. The lowest BCUT2D eigenvalue weighted by atomic mass is 9.92. The van der Waals surface area contributed by atoms with Crippen molar-refractivity contribution in [2.45, 2.75) is 25.8 Å². The summed E-state index contributed by atoms with van der Waals surface area (Å²) in [6.07, 6.45) is 0.722. The standard InChI is InChI=1S/C14H19NO4S/c1-3-20(17,18)15-9-8-11-6-4-5-7-12(11)13(15)10-14(16)19-2/h4-7,13H,3,8-10H2,1-2H3/t13-/m0/s1. The number of methoxy groups -OCH3 is 1. The predicted octanol–water partition coefficient (Wildman–Crippen LogP) is 1.50. The molecule has 0 fully saturated rings. The summed E-state index contributed by atoms with van der Waals surface area (Å²) in [6.45, 7) is 2.03. The molecule has 110 valence electrons. The average molecular weight is 297 g/mol. The van der Waals surface area contributed by atoms with E-state index < -0.39 is 22.0 Å². The third kappa shape index (κ3) is 2.86. The second-order valence-electron chi connectivity index (χ2n) is 4.76. The van der Waals surface area contributed by atoms with Gasteiger partial charge in [-0.15, -0.1) is 0 Å². The summed E-state index contributed by atoms with van der Waals surface area (Å²) >= 11 is 0. The van der Waals surface area contributed by atoms with Crippen LogP contribution < -0.4 is 0 Å². The third-order valence-electron chi connectivity index (χ3n) is 3.67. The number of rotatable bonds is 4. The first-order valence-corrected chi connectivity index (χ1v) is 8.24. The van der Waals surface area contributed by atoms with Crippen LogP contribution in [0.25, 0.3) is 0 Å². The van der Waals surface area contributed by atoms with E-state index in [0.717, 1.165) is 11.1 Å². The van der Waals surface area contributed by atoms with Gasteiger partial charge in [-0.2, -0.15) is 4.31 Å². The fraction of sp³-hybridized carbons (Fsp3) is 0.500. The monoisotopic (exact) mass is 297 g/mol. The molecule has 1 aromatic rings. The number of sulfonamides is 1. The molecular formula is C14H19NO4S. The van der Waals surface area contributed by atoms with Gasteiger partial charge in [0.2, 0.25) is 10.0 Å². The Morgan fingerprint density at radius 2 is 2.10 bits per heavy atom. The number of fused-ring (bicyclic) bond motifs is 1. The summed E-state index contributed by atoms with van der Waals surface area (Å²) in [5.74, 6) is -0.365. The van der Waals surface area contributed by atoms with Gasteiger partial charge >= 0.3 is 5.97 Å². The molecule has 0 amide bonds. The quantitative estimate of drug-likeness (QED) is 0.790. The second-order valence-corrected chi connectivity index (χ2v) is 6.97. The Bertz CT molecular complexity index is 597. The maximum absolute atomic E-state index is 12.2. The lowest BCUT2D eigenvalue weighted by Crippen LogP contribution is -2.41. The lowest BCUT2D eigenvalue weighted by molar-refractivity contribution is -0.141. The van der Waals surface area contributed by atoms with Gasteiger partial charge in [-0.05, 0) is 24.5 Å². The van der Waals surface area contributed by atoms with Gasteiger partial charge in [0.05, 0.1) is 25.3 Å². The highest BCUT2D eigenvalue weighted by Crippen LogP contribution is 2.34. The van der Waals surface area contributed by atoms with E-state index in [1.807, 2.05) is 24.3 Å². The van der Waals surface area contributed by atoms with Gasteiger partial charge in [0, 0.05) is 6.54 Å². The summed E-state index contributed by atoms with van der Waals surface area (Å²) in [4.78, 5) is 11.6. The van der Waals surface area contributed by atoms with Gasteiger partial charge in [0.1, 0.15) is 0 Å². The molecule has 1 aliphatic rings. The van der Waals surface area contributed by atoms with Crippen LogP contribution in [-0.2, 0) is 26.0 Å². The number of esters is 1. The van der Waals surface area contributed by atoms with Crippen LogP contribution >= 0.6 is 0 Å². The number of carbonyl (C=O) groups is 1. The summed E-state index contributed by atoms with van der Waals surface area (Å²) in [7, 11) is -2.03. The molecule has 6 heteroatoms. The van der Waals surface area contributed by atoms with Crippen molar-refractivity contribution in [3.8, 4) is 0 Å². The normalized spacial score (nSPS) is 19.4. The first kappa shape index (κ1) is 15.0. The highest BCUT2D eigenvalue weighted by molar-refractivity contribution is 7.89. The first-order chi connectivity index (χ1) is 9.49. The molecule has 5 nitrogen and oxygen atoms in total. The number of hydrogen-bond acceptors (Lipinski definition) is 4. The number of ether oxygens (including phenoxy) is 1. The van der Waals surface area contributed by atoms with Crippen LogP contribution in [0.4, 0.5) is 0 Å². The number of nitrogens with zero attached hydrogens (tertiary/aromatic N) is 1. The maximum Gasteiger partial charge on any atom is 0.307 e. The van der Waals surface area contributed by atoms with Crippen molar-refractivity contribution in [2.75, 3.05) is 19.4 Å². The molecule has 20 heavy (non-hydrogen) atoms. The summed E-state index contributed by atoms with van der Waals surface area (Å²) in [5.41, 5.74) is 2.00. The molecule has 0 radical (unpaired) electrons. The zero-order valence-corrected chi connectivity index (χ0v) is 12.5. The van der Waals surface area contributed by atoms with Crippen molar-refractivity contribution in [2.24, 2.45) is 0 Å². The zero-order chi connectivity index (χ0) is 14.8. The van der Waals surface area contributed by atoms with E-state index in [9.17, 15) is 13.2 Å². The second kappa shape index (κ2) is 5.93. The topological polar surface area (TPSA) is 63.7 Å². The van der Waals surface area contributed by atoms with Crippen molar-refractivity contribution >= 4 is 16.0 Å². The molecule has 1 heterocycles. The van der Waals surface area contributed by atoms with Gasteiger partial charge in [-0.25, -0.2) is 8.42 Å². The Hall–Kier alpha value is -1.40. The molecule has 0 unspecified atom stereocenters. The molecule has 0 N–H and O–H groups in total. The zero-order valence-electron chi connectivity index (χ0n) is 11.7. The molecule has 1 aliphatic heterocycles. The fourth-order valence-electron chi connectivity index (χ4n) is 2.58. The van der Waals surface area contributed by atoms with Crippen LogP contribution in [0.5, 0.6) is 0 Å². The van der Waals surface area contributed by atoms with Crippen LogP contribution in [-0.4, -0.2) is 38.1 Å².